The van der Waals surface area contributed by atoms with Crippen molar-refractivity contribution >= 4 is 50.6 Å². The van der Waals surface area contributed by atoms with Crippen LogP contribution in [0.25, 0.3) is 10.9 Å². The number of alkyl carbamates (subject to hydrolysis) is 2. The number of nitrogens with one attached hydrogen (secondary N) is 4. The van der Waals surface area contributed by atoms with Crippen molar-refractivity contribution in [1.82, 2.24) is 19.9 Å². The topological polar surface area (TPSA) is 198 Å². The summed E-state index contributed by atoms with van der Waals surface area (Å²) in [7, 11) is -4.44. The molecule has 50 heavy (non-hydrogen) atoms. The number of amides is 4. The molecule has 14 nitrogen and oxygen atoms in total. The Morgan fingerprint density at radius 1 is 0.860 bits per heavy atom. The molecule has 268 valence electrons. The van der Waals surface area contributed by atoms with Crippen LogP contribution in [0.1, 0.15) is 89.7 Å². The van der Waals surface area contributed by atoms with Gasteiger partial charge in [-0.2, -0.15) is 5.26 Å². The van der Waals surface area contributed by atoms with Gasteiger partial charge in [-0.15, -0.1) is 0 Å². The van der Waals surface area contributed by atoms with Crippen molar-refractivity contribution in [3.05, 3.63) is 59.8 Å². The van der Waals surface area contributed by atoms with Crippen LogP contribution in [0, 0.1) is 11.3 Å². The smallest absolute Gasteiger partial charge is 0.407 e. The minimum atomic E-state index is -4.44. The fourth-order valence-electron chi connectivity index (χ4n) is 5.43. The maximum atomic E-state index is 14.2. The van der Waals surface area contributed by atoms with Gasteiger partial charge in [0.1, 0.15) is 16.9 Å². The number of ether oxygens (including phenoxy) is 2. The molecule has 1 aliphatic carbocycles. The predicted octanol–water partition coefficient (Wildman–Crippen LogP) is 5.17. The molecular formula is C35H44N6O8S. The van der Waals surface area contributed by atoms with E-state index in [-0.39, 0.29) is 52.4 Å². The molecule has 1 saturated carbocycles. The zero-order valence-electron chi connectivity index (χ0n) is 29.1. The van der Waals surface area contributed by atoms with Crippen molar-refractivity contribution in [1.29, 1.82) is 5.26 Å². The van der Waals surface area contributed by atoms with Gasteiger partial charge >= 0.3 is 12.2 Å². The third kappa shape index (κ3) is 10.2. The first-order valence-electron chi connectivity index (χ1n) is 16.3. The molecule has 15 heteroatoms. The molecule has 0 spiro atoms. The minimum Gasteiger partial charge on any atom is -0.444 e. The highest BCUT2D eigenvalue weighted by Crippen LogP contribution is 2.29. The van der Waals surface area contributed by atoms with Crippen molar-refractivity contribution in [3.63, 3.8) is 0 Å². The third-order valence-corrected chi connectivity index (χ3v) is 9.31. The van der Waals surface area contributed by atoms with Crippen molar-refractivity contribution < 1.29 is 37.1 Å². The Hall–Kier alpha value is -5.10. The van der Waals surface area contributed by atoms with E-state index in [9.17, 15) is 32.9 Å². The summed E-state index contributed by atoms with van der Waals surface area (Å²) in [6.45, 7) is 10.5. The molecule has 4 rings (SSSR count). The average Bonchev–Trinajstić information content (AvgIpc) is 3.40. The van der Waals surface area contributed by atoms with E-state index in [1.165, 1.54) is 42.5 Å². The minimum absolute atomic E-state index is 0.00427. The monoisotopic (exact) mass is 708 g/mol. The summed E-state index contributed by atoms with van der Waals surface area (Å²) < 4.78 is 39.9. The number of carbonyl (C=O) groups is 4. The molecule has 4 amide bonds. The molecule has 0 aliphatic heterocycles. The average molecular weight is 709 g/mol. The Morgan fingerprint density at radius 2 is 1.48 bits per heavy atom. The van der Waals surface area contributed by atoms with Crippen LogP contribution in [0.15, 0.2) is 53.4 Å². The molecule has 0 bridgehead atoms. The lowest BCUT2D eigenvalue weighted by Gasteiger charge is -2.30. The normalized spacial score (nSPS) is 16.5. The lowest BCUT2D eigenvalue weighted by Crippen LogP contribution is -2.45. The first-order chi connectivity index (χ1) is 23.3. The van der Waals surface area contributed by atoms with Crippen LogP contribution in [0.2, 0.25) is 0 Å². The fourth-order valence-corrected chi connectivity index (χ4v) is 6.98. The maximum absolute atomic E-state index is 14.2. The zero-order chi connectivity index (χ0) is 36.9. The van der Waals surface area contributed by atoms with Gasteiger partial charge in [-0.25, -0.2) is 22.0 Å². The Kier molecular flexibility index (Phi) is 11.5. The Bertz CT molecular complexity index is 1910. The van der Waals surface area contributed by atoms with Gasteiger partial charge in [-0.3, -0.25) is 9.59 Å². The summed E-state index contributed by atoms with van der Waals surface area (Å²) in [5.74, 6) is -1.09. The van der Waals surface area contributed by atoms with Crippen molar-refractivity contribution in [2.45, 2.75) is 102 Å². The zero-order valence-corrected chi connectivity index (χ0v) is 29.9. The molecule has 4 N–H and O–H groups in total. The summed E-state index contributed by atoms with van der Waals surface area (Å²) >= 11 is 0. The van der Waals surface area contributed by atoms with E-state index in [4.69, 9.17) is 9.47 Å². The van der Waals surface area contributed by atoms with E-state index in [2.05, 4.69) is 21.3 Å². The summed E-state index contributed by atoms with van der Waals surface area (Å²) in [6.07, 6.45) is 1.01. The van der Waals surface area contributed by atoms with E-state index < -0.39 is 45.2 Å². The van der Waals surface area contributed by atoms with Gasteiger partial charge in [0.05, 0.1) is 22.0 Å². The van der Waals surface area contributed by atoms with Gasteiger partial charge in [-0.1, -0.05) is 12.1 Å². The molecule has 3 aromatic rings. The van der Waals surface area contributed by atoms with E-state index in [1.54, 1.807) is 47.6 Å². The number of benzene rings is 2. The number of hydrogen-bond acceptors (Lipinski definition) is 9. The number of aromatic nitrogens is 1. The quantitative estimate of drug-likeness (QED) is 0.232. The first kappa shape index (κ1) is 37.7. The van der Waals surface area contributed by atoms with Crippen LogP contribution in [-0.4, -0.2) is 66.2 Å². The van der Waals surface area contributed by atoms with Crippen molar-refractivity contribution in [3.8, 4) is 6.07 Å². The summed E-state index contributed by atoms with van der Waals surface area (Å²) in [4.78, 5) is 50.2. The molecule has 1 heterocycles. The van der Waals surface area contributed by atoms with E-state index >= 15 is 0 Å². The molecular weight excluding hydrogens is 664 g/mol. The summed E-state index contributed by atoms with van der Waals surface area (Å²) in [5, 5.41) is 20.9. The maximum Gasteiger partial charge on any atom is 0.407 e. The van der Waals surface area contributed by atoms with Gasteiger partial charge in [0.25, 0.3) is 15.9 Å². The number of fused-ring (bicyclic) bond motifs is 1. The Balaban J connectivity index is 1.51. The van der Waals surface area contributed by atoms with Crippen LogP contribution in [-0.2, 0) is 24.3 Å². The van der Waals surface area contributed by atoms with Gasteiger partial charge in [0.15, 0.2) is 0 Å². The number of hydrogen-bond donors (Lipinski definition) is 4. The number of anilines is 1. The van der Waals surface area contributed by atoms with Gasteiger partial charge < -0.3 is 30.7 Å². The third-order valence-electron chi connectivity index (χ3n) is 7.58. The molecule has 0 unspecified atom stereocenters. The van der Waals surface area contributed by atoms with Crippen LogP contribution in [0.5, 0.6) is 0 Å². The van der Waals surface area contributed by atoms with E-state index in [0.717, 1.165) is 3.97 Å². The van der Waals surface area contributed by atoms with E-state index in [1.807, 2.05) is 6.07 Å². The van der Waals surface area contributed by atoms with Crippen molar-refractivity contribution in [2.75, 3.05) is 11.9 Å². The second-order valence-electron chi connectivity index (χ2n) is 14.1. The Labute approximate surface area is 291 Å². The molecule has 0 atom stereocenters. The first-order valence-corrected chi connectivity index (χ1v) is 17.8. The highest BCUT2D eigenvalue weighted by molar-refractivity contribution is 7.90. The fraction of sp³-hybridized carbons (Fsp3) is 0.457. The highest BCUT2D eigenvalue weighted by atomic mass is 32.2. The van der Waals surface area contributed by atoms with Crippen LogP contribution >= 0.6 is 0 Å². The predicted molar refractivity (Wildman–Crippen MR) is 186 cm³/mol. The van der Waals surface area contributed by atoms with Gasteiger partial charge in [0, 0.05) is 36.1 Å². The van der Waals surface area contributed by atoms with E-state index in [0.29, 0.717) is 31.1 Å². The number of nitriles is 1. The molecule has 1 fully saturated rings. The number of rotatable bonds is 9. The summed E-state index contributed by atoms with van der Waals surface area (Å²) in [6, 6.07) is 13.2. The second kappa shape index (κ2) is 15.2. The molecule has 0 radical (unpaired) electrons. The van der Waals surface area contributed by atoms with Crippen LogP contribution in [0.4, 0.5) is 15.3 Å². The summed E-state index contributed by atoms with van der Waals surface area (Å²) in [5.41, 5.74) is -0.934. The largest absolute Gasteiger partial charge is 0.444 e. The van der Waals surface area contributed by atoms with Crippen LogP contribution in [0.3, 0.4) is 0 Å². The highest BCUT2D eigenvalue weighted by Gasteiger charge is 2.30. The molecule has 1 aliphatic rings. The lowest BCUT2D eigenvalue weighted by molar-refractivity contribution is -0.116. The standard InChI is InChI=1S/C35H44N6O8S/c1-34(2,3)48-32(44)37-17-16-30(42)38-26-8-7-9-27(20-26)50(46,47)41-28-18-22(21-36)10-11-23(28)19-29(41)31(43)39-24-12-14-25(15-13-24)40-33(45)49-35(4,5)6/h7-11,18-20,24-25H,12-17H2,1-6H3,(H,37,44)(H,38,42)(H,39,43)(H,40,45). The van der Waals surface area contributed by atoms with Gasteiger partial charge in [0.2, 0.25) is 5.91 Å². The van der Waals surface area contributed by atoms with Crippen LogP contribution < -0.4 is 21.3 Å². The molecule has 1 aromatic heterocycles. The van der Waals surface area contributed by atoms with Crippen molar-refractivity contribution in [2.24, 2.45) is 0 Å². The second-order valence-corrected chi connectivity index (χ2v) is 15.9. The lowest BCUT2D eigenvalue weighted by atomic mass is 9.91. The number of nitrogens with zero attached hydrogens (tertiary/aromatic N) is 2. The number of carbonyl (C=O) groups excluding carboxylic acids is 4. The molecule has 0 saturated heterocycles. The van der Waals surface area contributed by atoms with Gasteiger partial charge in [-0.05, 0) is 104 Å². The molecule has 2 aromatic carbocycles. The SMILES string of the molecule is CC(C)(C)OC(=O)NCCC(=O)Nc1cccc(S(=O)(=O)n2c(C(=O)NC3CCC(NC(=O)OC(C)(C)C)CC3)cc3ccc(C#N)cc32)c1. The Morgan fingerprint density at radius 3 is 2.10 bits per heavy atom.